The van der Waals surface area contributed by atoms with Crippen LogP contribution in [0.3, 0.4) is 0 Å². The molecule has 2 rings (SSSR count). The molecule has 0 spiro atoms. The molecule has 3 nitrogen and oxygen atoms in total. The molecular weight excluding hydrogens is 229 g/mol. The number of pyridine rings is 1. The van der Waals surface area contributed by atoms with Crippen molar-refractivity contribution in [1.29, 1.82) is 0 Å². The second kappa shape index (κ2) is 5.49. The molecule has 4 heteroatoms. The Bertz CT molecular complexity index is 526. The summed E-state index contributed by atoms with van der Waals surface area (Å²) in [5.74, 6) is 0.647. The molecule has 0 aliphatic carbocycles. The highest BCUT2D eigenvalue weighted by Crippen LogP contribution is 2.21. The summed E-state index contributed by atoms with van der Waals surface area (Å²) in [5.41, 5.74) is 1.54. The summed E-state index contributed by atoms with van der Waals surface area (Å²) in [6, 6.07) is 10.5. The van der Waals surface area contributed by atoms with Gasteiger partial charge in [-0.05, 0) is 18.2 Å². The largest absolute Gasteiger partial charge is 0.378 e. The molecule has 1 N–H and O–H groups in total. The van der Waals surface area contributed by atoms with Gasteiger partial charge in [0.25, 0.3) is 0 Å². The quantitative estimate of drug-likeness (QED) is 0.897. The number of aromatic nitrogens is 1. The third-order valence-electron chi connectivity index (χ3n) is 2.64. The Morgan fingerprint density at radius 1 is 1.17 bits per heavy atom. The van der Waals surface area contributed by atoms with Crippen LogP contribution in [-0.4, -0.2) is 19.1 Å². The zero-order valence-electron chi connectivity index (χ0n) is 10.5. The van der Waals surface area contributed by atoms with Gasteiger partial charge in [-0.15, -0.1) is 0 Å². The number of anilines is 2. The Balaban J connectivity index is 2.14. The fourth-order valence-electron chi connectivity index (χ4n) is 1.72. The van der Waals surface area contributed by atoms with Gasteiger partial charge in [0.15, 0.2) is 5.82 Å². The minimum atomic E-state index is -0.194. The summed E-state index contributed by atoms with van der Waals surface area (Å²) in [5, 5.41) is 3.21. The van der Waals surface area contributed by atoms with Gasteiger partial charge in [-0.2, -0.15) is 0 Å². The lowest BCUT2D eigenvalue weighted by Gasteiger charge is -2.17. The van der Waals surface area contributed by atoms with Crippen molar-refractivity contribution in [2.75, 3.05) is 24.3 Å². The van der Waals surface area contributed by atoms with Crippen molar-refractivity contribution in [3.05, 3.63) is 54.0 Å². The van der Waals surface area contributed by atoms with Crippen molar-refractivity contribution < 1.29 is 4.39 Å². The van der Waals surface area contributed by atoms with Gasteiger partial charge in [0.05, 0.1) is 5.69 Å². The minimum Gasteiger partial charge on any atom is -0.378 e. The zero-order chi connectivity index (χ0) is 13.0. The molecule has 18 heavy (non-hydrogen) atoms. The van der Waals surface area contributed by atoms with E-state index in [0.29, 0.717) is 12.1 Å². The Hall–Kier alpha value is -2.10. The number of nitrogens with zero attached hydrogens (tertiary/aromatic N) is 2. The second-order valence-corrected chi connectivity index (χ2v) is 4.21. The predicted molar refractivity (Wildman–Crippen MR) is 72.3 cm³/mol. The van der Waals surface area contributed by atoms with Crippen LogP contribution in [0.5, 0.6) is 0 Å². The molecule has 0 radical (unpaired) electrons. The molecule has 1 aromatic carbocycles. The topological polar surface area (TPSA) is 28.2 Å². The Morgan fingerprint density at radius 3 is 2.67 bits per heavy atom. The molecule has 0 aliphatic heterocycles. The van der Waals surface area contributed by atoms with E-state index in [-0.39, 0.29) is 5.82 Å². The second-order valence-electron chi connectivity index (χ2n) is 4.21. The third kappa shape index (κ3) is 2.77. The molecule has 1 heterocycles. The summed E-state index contributed by atoms with van der Waals surface area (Å²) in [4.78, 5) is 6.20. The molecule has 0 bridgehead atoms. The van der Waals surface area contributed by atoms with Gasteiger partial charge in [0, 0.05) is 32.4 Å². The number of halogens is 1. The first-order valence-corrected chi connectivity index (χ1v) is 5.78. The normalized spacial score (nSPS) is 10.2. The van der Waals surface area contributed by atoms with Crippen LogP contribution in [0.2, 0.25) is 0 Å². The van der Waals surface area contributed by atoms with E-state index in [4.69, 9.17) is 0 Å². The first kappa shape index (κ1) is 12.4. The van der Waals surface area contributed by atoms with Crippen LogP contribution in [0.15, 0.2) is 42.6 Å². The Labute approximate surface area is 106 Å². The maximum Gasteiger partial charge on any atom is 0.151 e. The van der Waals surface area contributed by atoms with Gasteiger partial charge < -0.3 is 10.2 Å². The molecule has 2 aromatic rings. The van der Waals surface area contributed by atoms with E-state index in [2.05, 4.69) is 10.3 Å². The third-order valence-corrected chi connectivity index (χ3v) is 2.64. The maximum absolute atomic E-state index is 13.5. The van der Waals surface area contributed by atoms with Gasteiger partial charge in [0.2, 0.25) is 0 Å². The van der Waals surface area contributed by atoms with E-state index in [1.54, 1.807) is 18.3 Å². The molecule has 0 saturated carbocycles. The molecule has 0 aliphatic rings. The molecule has 1 aromatic heterocycles. The van der Waals surface area contributed by atoms with E-state index in [0.717, 1.165) is 11.5 Å². The monoisotopic (exact) mass is 245 g/mol. The maximum atomic E-state index is 13.5. The van der Waals surface area contributed by atoms with E-state index in [1.807, 2.05) is 37.2 Å². The molecule has 94 valence electrons. The number of hydrogen-bond donors (Lipinski definition) is 1. The van der Waals surface area contributed by atoms with Crippen molar-refractivity contribution in [3.63, 3.8) is 0 Å². The summed E-state index contributed by atoms with van der Waals surface area (Å²) in [7, 11) is 3.85. The SMILES string of the molecule is CN(C)c1ncccc1NCc1ccccc1F. The number of benzene rings is 1. The molecule has 0 fully saturated rings. The molecule has 0 saturated heterocycles. The van der Waals surface area contributed by atoms with Crippen molar-refractivity contribution in [3.8, 4) is 0 Å². The molecule has 0 atom stereocenters. The van der Waals surface area contributed by atoms with Gasteiger partial charge in [-0.25, -0.2) is 9.37 Å². The smallest absolute Gasteiger partial charge is 0.151 e. The van der Waals surface area contributed by atoms with E-state index in [1.165, 1.54) is 6.07 Å². The van der Waals surface area contributed by atoms with Gasteiger partial charge in [-0.1, -0.05) is 18.2 Å². The molecular formula is C14H16FN3. The first-order valence-electron chi connectivity index (χ1n) is 5.78. The lowest BCUT2D eigenvalue weighted by molar-refractivity contribution is 0.613. The zero-order valence-corrected chi connectivity index (χ0v) is 10.5. The Morgan fingerprint density at radius 2 is 1.94 bits per heavy atom. The number of nitrogens with one attached hydrogen (secondary N) is 1. The van der Waals surface area contributed by atoms with E-state index >= 15 is 0 Å². The van der Waals surface area contributed by atoms with Crippen LogP contribution in [-0.2, 0) is 6.54 Å². The summed E-state index contributed by atoms with van der Waals surface area (Å²) >= 11 is 0. The Kier molecular flexibility index (Phi) is 3.77. The summed E-state index contributed by atoms with van der Waals surface area (Å²) in [6.07, 6.45) is 1.74. The highest BCUT2D eigenvalue weighted by atomic mass is 19.1. The minimum absolute atomic E-state index is 0.194. The average molecular weight is 245 g/mol. The first-order chi connectivity index (χ1) is 8.68. The van der Waals surface area contributed by atoms with E-state index in [9.17, 15) is 4.39 Å². The van der Waals surface area contributed by atoms with Crippen LogP contribution in [0.25, 0.3) is 0 Å². The summed E-state index contributed by atoms with van der Waals surface area (Å²) in [6.45, 7) is 0.444. The van der Waals surface area contributed by atoms with Crippen LogP contribution in [0, 0.1) is 5.82 Å². The van der Waals surface area contributed by atoms with Crippen LogP contribution < -0.4 is 10.2 Å². The predicted octanol–water partition coefficient (Wildman–Crippen LogP) is 2.90. The van der Waals surface area contributed by atoms with Gasteiger partial charge in [-0.3, -0.25) is 0 Å². The number of hydrogen-bond acceptors (Lipinski definition) is 3. The lowest BCUT2D eigenvalue weighted by Crippen LogP contribution is -2.14. The fraction of sp³-hybridized carbons (Fsp3) is 0.214. The number of rotatable bonds is 4. The van der Waals surface area contributed by atoms with Crippen molar-refractivity contribution >= 4 is 11.5 Å². The van der Waals surface area contributed by atoms with Crippen molar-refractivity contribution in [1.82, 2.24) is 4.98 Å². The average Bonchev–Trinajstić information content (AvgIpc) is 2.38. The van der Waals surface area contributed by atoms with Crippen LogP contribution in [0.4, 0.5) is 15.9 Å². The lowest BCUT2D eigenvalue weighted by atomic mass is 10.2. The van der Waals surface area contributed by atoms with Crippen molar-refractivity contribution in [2.45, 2.75) is 6.54 Å². The van der Waals surface area contributed by atoms with Crippen LogP contribution in [0.1, 0.15) is 5.56 Å². The molecule has 0 unspecified atom stereocenters. The van der Waals surface area contributed by atoms with Crippen LogP contribution >= 0.6 is 0 Å². The standard InChI is InChI=1S/C14H16FN3/c1-18(2)14-13(8-5-9-16-14)17-10-11-6-3-4-7-12(11)15/h3-9,17H,10H2,1-2H3. The van der Waals surface area contributed by atoms with Crippen molar-refractivity contribution in [2.24, 2.45) is 0 Å². The molecule has 0 amide bonds. The summed E-state index contributed by atoms with van der Waals surface area (Å²) < 4.78 is 13.5. The van der Waals surface area contributed by atoms with Gasteiger partial charge in [0.1, 0.15) is 5.82 Å². The van der Waals surface area contributed by atoms with E-state index < -0.39 is 0 Å². The highest BCUT2D eigenvalue weighted by Gasteiger charge is 2.06. The van der Waals surface area contributed by atoms with Gasteiger partial charge >= 0.3 is 0 Å². The fourth-order valence-corrected chi connectivity index (χ4v) is 1.72. The highest BCUT2D eigenvalue weighted by molar-refractivity contribution is 5.64.